The molecule has 0 aromatic carbocycles. The number of carbonyl (C=O) groups is 1. The lowest BCUT2D eigenvalue weighted by Gasteiger charge is -2.58. The minimum absolute atomic E-state index is 0.0429. The lowest BCUT2D eigenvalue weighted by atomic mass is 9.47. The molecule has 9 atom stereocenters. The molecule has 0 bridgehead atoms. The maximum Gasteiger partial charge on any atom is 0.306 e. The quantitative estimate of drug-likeness (QED) is 0.0559. The molecule has 0 aliphatic heterocycles. The van der Waals surface area contributed by atoms with E-state index in [0.717, 1.165) is 92.8 Å². The zero-order valence-electron chi connectivity index (χ0n) is 36.6. The van der Waals surface area contributed by atoms with Gasteiger partial charge < -0.3 is 4.74 Å². The predicted octanol–water partition coefficient (Wildman–Crippen LogP) is 15.9. The Hall–Kier alpha value is -1.83. The summed E-state index contributed by atoms with van der Waals surface area (Å²) < 4.78 is 6.14. The Kier molecular flexibility index (Phi) is 19.5. The Balaban J connectivity index is 1.06. The fourth-order valence-electron chi connectivity index (χ4n) is 11.6. The van der Waals surface area contributed by atoms with Gasteiger partial charge in [0.05, 0.1) is 0 Å². The average molecular weight is 743 g/mol. The molecule has 54 heavy (non-hydrogen) atoms. The average Bonchev–Trinajstić information content (AvgIpc) is 3.51. The molecule has 0 N–H and O–H groups in total. The summed E-state index contributed by atoms with van der Waals surface area (Å²) in [5.74, 6) is 6.03. The van der Waals surface area contributed by atoms with Crippen LogP contribution in [0.1, 0.15) is 203 Å². The summed E-state index contributed by atoms with van der Waals surface area (Å²) in [5, 5.41) is 0. The highest BCUT2D eigenvalue weighted by molar-refractivity contribution is 5.69. The van der Waals surface area contributed by atoms with Crippen LogP contribution in [-0.4, -0.2) is 12.1 Å². The molecular formula is C52H86O2. The molecule has 4 aliphatic carbocycles. The van der Waals surface area contributed by atoms with E-state index in [4.69, 9.17) is 4.74 Å². The van der Waals surface area contributed by atoms with Crippen LogP contribution < -0.4 is 0 Å². The van der Waals surface area contributed by atoms with Crippen molar-refractivity contribution in [3.05, 3.63) is 60.3 Å². The second-order valence-electron chi connectivity index (χ2n) is 19.5. The summed E-state index contributed by atoms with van der Waals surface area (Å²) in [7, 11) is 0. The van der Waals surface area contributed by atoms with Crippen LogP contribution in [0.3, 0.4) is 0 Å². The zero-order chi connectivity index (χ0) is 38.8. The van der Waals surface area contributed by atoms with Crippen LogP contribution in [-0.2, 0) is 9.53 Å². The van der Waals surface area contributed by atoms with Crippen molar-refractivity contribution in [3.8, 4) is 0 Å². The van der Waals surface area contributed by atoms with Gasteiger partial charge in [-0.3, -0.25) is 4.79 Å². The highest BCUT2D eigenvalue weighted by Crippen LogP contribution is 2.67. The third-order valence-corrected chi connectivity index (χ3v) is 15.5. The van der Waals surface area contributed by atoms with Gasteiger partial charge >= 0.3 is 5.97 Å². The molecule has 0 radical (unpaired) electrons. The smallest absolute Gasteiger partial charge is 0.306 e. The van der Waals surface area contributed by atoms with E-state index in [9.17, 15) is 4.79 Å². The summed E-state index contributed by atoms with van der Waals surface area (Å²) >= 11 is 0. The Bertz CT molecular complexity index is 1230. The van der Waals surface area contributed by atoms with E-state index in [1.807, 2.05) is 0 Å². The summed E-state index contributed by atoms with van der Waals surface area (Å²) in [5.41, 5.74) is 2.49. The van der Waals surface area contributed by atoms with Gasteiger partial charge in [0.25, 0.3) is 0 Å². The first-order valence-electron chi connectivity index (χ1n) is 23.6. The molecule has 3 saturated carbocycles. The lowest BCUT2D eigenvalue weighted by Crippen LogP contribution is -2.51. The minimum Gasteiger partial charge on any atom is -0.462 e. The number of unbranched alkanes of at least 4 members (excludes halogenated alkanes) is 8. The largest absolute Gasteiger partial charge is 0.462 e. The van der Waals surface area contributed by atoms with E-state index >= 15 is 0 Å². The van der Waals surface area contributed by atoms with Gasteiger partial charge in [-0.25, -0.2) is 0 Å². The molecule has 4 aliphatic rings. The third kappa shape index (κ3) is 13.1. The molecule has 9 unspecified atom stereocenters. The van der Waals surface area contributed by atoms with Crippen molar-refractivity contribution in [1.29, 1.82) is 0 Å². The highest BCUT2D eigenvalue weighted by atomic mass is 16.5. The van der Waals surface area contributed by atoms with Gasteiger partial charge in [-0.05, 0) is 149 Å². The second kappa shape index (κ2) is 23.4. The molecular weight excluding hydrogens is 657 g/mol. The van der Waals surface area contributed by atoms with Gasteiger partial charge in [0.2, 0.25) is 0 Å². The molecule has 0 aromatic rings. The van der Waals surface area contributed by atoms with Crippen LogP contribution in [0, 0.1) is 52.3 Å². The van der Waals surface area contributed by atoms with Crippen molar-refractivity contribution >= 4 is 5.97 Å². The van der Waals surface area contributed by atoms with Crippen molar-refractivity contribution in [2.75, 3.05) is 0 Å². The van der Waals surface area contributed by atoms with Crippen LogP contribution >= 0.6 is 0 Å². The van der Waals surface area contributed by atoms with Gasteiger partial charge in [-0.1, -0.05) is 154 Å². The second-order valence-corrected chi connectivity index (χ2v) is 19.5. The van der Waals surface area contributed by atoms with Crippen LogP contribution in [0.5, 0.6) is 0 Å². The number of fused-ring (bicyclic) bond motifs is 5. The van der Waals surface area contributed by atoms with Gasteiger partial charge in [0, 0.05) is 12.8 Å². The summed E-state index contributed by atoms with van der Waals surface area (Å²) in [4.78, 5) is 12.9. The molecule has 4 rings (SSSR count). The molecule has 3 fully saturated rings. The maximum absolute atomic E-state index is 12.9. The molecule has 0 heterocycles. The number of carbonyl (C=O) groups excluding carboxylic acids is 1. The van der Waals surface area contributed by atoms with Crippen molar-refractivity contribution in [2.45, 2.75) is 209 Å². The molecule has 2 nitrogen and oxygen atoms in total. The molecule has 306 valence electrons. The van der Waals surface area contributed by atoms with Gasteiger partial charge in [0.15, 0.2) is 0 Å². The Morgan fingerprint density at radius 1 is 0.741 bits per heavy atom. The Morgan fingerprint density at radius 3 is 2.04 bits per heavy atom. The van der Waals surface area contributed by atoms with E-state index in [1.165, 1.54) is 96.3 Å². The number of rotatable bonds is 24. The topological polar surface area (TPSA) is 26.3 Å². The normalized spacial score (nSPS) is 31.0. The number of allylic oxidation sites excluding steroid dienone is 9. The summed E-state index contributed by atoms with van der Waals surface area (Å²) in [6, 6.07) is 0. The maximum atomic E-state index is 12.9. The molecule has 0 saturated heterocycles. The first-order valence-corrected chi connectivity index (χ1v) is 23.6. The Labute approximate surface area is 335 Å². The third-order valence-electron chi connectivity index (χ3n) is 15.5. The van der Waals surface area contributed by atoms with Crippen LogP contribution in [0.2, 0.25) is 0 Å². The van der Waals surface area contributed by atoms with Crippen molar-refractivity contribution in [1.82, 2.24) is 0 Å². The predicted molar refractivity (Wildman–Crippen MR) is 234 cm³/mol. The molecule has 0 aromatic heterocycles. The van der Waals surface area contributed by atoms with Crippen LogP contribution in [0.25, 0.3) is 0 Å². The Morgan fingerprint density at radius 2 is 1.37 bits per heavy atom. The SMILES string of the molecule is CCCCC/C=C\C/C=C\C/C=C\C/C=C\CCCCCCCC(=O)OC1CCC2(C)C(=CCC3C2CCC2(C)C(C(C)CCC(C)C(C)C)CCC32)C1. The van der Waals surface area contributed by atoms with Gasteiger partial charge in [-0.15, -0.1) is 0 Å². The number of esters is 1. The van der Waals surface area contributed by atoms with E-state index in [0.29, 0.717) is 17.3 Å². The first-order chi connectivity index (χ1) is 26.1. The summed E-state index contributed by atoms with van der Waals surface area (Å²) in [6.07, 6.45) is 50.0. The first kappa shape index (κ1) is 44.9. The van der Waals surface area contributed by atoms with E-state index in [1.54, 1.807) is 5.57 Å². The monoisotopic (exact) mass is 743 g/mol. The van der Waals surface area contributed by atoms with E-state index in [-0.39, 0.29) is 12.1 Å². The van der Waals surface area contributed by atoms with Crippen molar-refractivity contribution in [2.24, 2.45) is 52.3 Å². The van der Waals surface area contributed by atoms with Gasteiger partial charge in [0.1, 0.15) is 6.10 Å². The van der Waals surface area contributed by atoms with E-state index < -0.39 is 0 Å². The number of ether oxygens (including phenoxy) is 1. The fraction of sp³-hybridized carbons (Fsp3) is 0.788. The fourth-order valence-corrected chi connectivity index (χ4v) is 11.6. The van der Waals surface area contributed by atoms with E-state index in [2.05, 4.69) is 103 Å². The molecule has 2 heteroatoms. The summed E-state index contributed by atoms with van der Waals surface area (Å²) in [6.45, 7) is 17.4. The minimum atomic E-state index is 0.0429. The molecule has 0 amide bonds. The number of hydrogen-bond acceptors (Lipinski definition) is 2. The lowest BCUT2D eigenvalue weighted by molar-refractivity contribution is -0.151. The van der Waals surface area contributed by atoms with Crippen molar-refractivity contribution < 1.29 is 9.53 Å². The van der Waals surface area contributed by atoms with Crippen molar-refractivity contribution in [3.63, 3.8) is 0 Å². The number of hydrogen-bond donors (Lipinski definition) is 0. The van der Waals surface area contributed by atoms with Crippen LogP contribution in [0.15, 0.2) is 60.3 Å². The van der Waals surface area contributed by atoms with Gasteiger partial charge in [-0.2, -0.15) is 0 Å². The molecule has 0 spiro atoms. The van der Waals surface area contributed by atoms with Crippen LogP contribution in [0.4, 0.5) is 0 Å². The highest BCUT2D eigenvalue weighted by Gasteiger charge is 2.59. The standard InChI is InChI=1S/C52H86O2/c1-8-9-10-11-12-13-14-15-16-17-18-19-20-21-22-23-24-25-26-27-28-29-50(53)54-45-36-38-51(6)44(40-45)32-33-46-48-35-34-47(52(48,7)39-37-49(46)51)43(5)31-30-42(4)41(2)3/h12-13,15-16,18-19,21-22,32,41-43,45-49H,8-11,14,17,20,23-31,33-40H2,1-7H3/b13-12-,16-15-,19-18-,22-21-. The zero-order valence-corrected chi connectivity index (χ0v) is 36.6.